The van der Waals surface area contributed by atoms with Crippen molar-refractivity contribution >= 4 is 21.6 Å². The van der Waals surface area contributed by atoms with Crippen molar-refractivity contribution in [1.29, 1.82) is 0 Å². The molecule has 0 aliphatic carbocycles. The molecule has 0 atom stereocenters. The van der Waals surface area contributed by atoms with Crippen molar-refractivity contribution in [3.05, 3.63) is 29.3 Å². The van der Waals surface area contributed by atoms with Crippen LogP contribution in [0.1, 0.15) is 25.0 Å². The van der Waals surface area contributed by atoms with Gasteiger partial charge in [-0.1, -0.05) is 41.9 Å². The van der Waals surface area contributed by atoms with Crippen LogP contribution in [0.5, 0.6) is 0 Å². The lowest BCUT2D eigenvalue weighted by Crippen LogP contribution is -2.15. The highest BCUT2D eigenvalue weighted by Crippen LogP contribution is 2.16. The Hall–Kier alpha value is -0.540. The van der Waals surface area contributed by atoms with Crippen molar-refractivity contribution < 1.29 is 0 Å². The minimum atomic E-state index is 0.910. The van der Waals surface area contributed by atoms with E-state index in [1.807, 2.05) is 20.9 Å². The van der Waals surface area contributed by atoms with Gasteiger partial charge in [0.2, 0.25) is 0 Å². The molecule has 0 unspecified atom stereocenters. The molecule has 0 radical (unpaired) electrons. The third-order valence-corrected chi connectivity index (χ3v) is 2.35. The number of alkyl halides is 1. The highest BCUT2D eigenvalue weighted by molar-refractivity contribution is 9.08. The van der Waals surface area contributed by atoms with Crippen LogP contribution in [0, 0.1) is 6.92 Å². The average molecular weight is 259 g/mol. The largest absolute Gasteiger partial charge is 0.321 e. The lowest BCUT2D eigenvalue weighted by molar-refractivity contribution is 0.979. The van der Waals surface area contributed by atoms with E-state index in [-0.39, 0.29) is 0 Å². The van der Waals surface area contributed by atoms with Crippen LogP contribution in [0.3, 0.4) is 0 Å². The fraction of sp³-hybridized carbons (Fsp3) is 0.455. The summed E-state index contributed by atoms with van der Waals surface area (Å²) in [4.78, 5) is 0. The maximum absolute atomic E-state index is 3.42. The van der Waals surface area contributed by atoms with Gasteiger partial charge in [0.05, 0.1) is 5.69 Å². The van der Waals surface area contributed by atoms with Gasteiger partial charge in [0.15, 0.2) is 0 Å². The van der Waals surface area contributed by atoms with Gasteiger partial charge in [-0.2, -0.15) is 0 Å². The van der Waals surface area contributed by atoms with E-state index < -0.39 is 0 Å². The first-order valence-corrected chi connectivity index (χ1v) is 5.98. The third kappa shape index (κ3) is 4.11. The Morgan fingerprint density at radius 1 is 1.29 bits per heavy atom. The second kappa shape index (κ2) is 7.83. The van der Waals surface area contributed by atoms with Crippen LogP contribution in [-0.4, -0.2) is 7.05 Å². The molecule has 0 aliphatic rings. The van der Waals surface area contributed by atoms with E-state index >= 15 is 0 Å². The number of aryl methyl sites for hydroxylation is 1. The lowest BCUT2D eigenvalue weighted by Gasteiger charge is -2.08. The van der Waals surface area contributed by atoms with Crippen LogP contribution in [0.25, 0.3) is 0 Å². The van der Waals surface area contributed by atoms with Gasteiger partial charge in [-0.3, -0.25) is 0 Å². The van der Waals surface area contributed by atoms with Crippen LogP contribution < -0.4 is 10.9 Å². The molecular weight excluding hydrogens is 240 g/mol. The summed E-state index contributed by atoms with van der Waals surface area (Å²) in [7, 11) is 1.86. The number of hydrogen-bond acceptors (Lipinski definition) is 2. The van der Waals surface area contributed by atoms with E-state index in [0.29, 0.717) is 0 Å². The molecule has 0 aromatic heterocycles. The molecule has 1 aromatic carbocycles. The summed E-state index contributed by atoms with van der Waals surface area (Å²) in [5, 5.41) is 0.910. The number of hydrogen-bond donors (Lipinski definition) is 2. The van der Waals surface area contributed by atoms with Crippen LogP contribution in [0.15, 0.2) is 18.2 Å². The van der Waals surface area contributed by atoms with Crippen molar-refractivity contribution in [3.63, 3.8) is 0 Å². The van der Waals surface area contributed by atoms with Gasteiger partial charge < -0.3 is 5.43 Å². The quantitative estimate of drug-likeness (QED) is 0.641. The van der Waals surface area contributed by atoms with Gasteiger partial charge in [-0.05, 0) is 24.1 Å². The maximum Gasteiger partial charge on any atom is 0.0516 e. The van der Waals surface area contributed by atoms with E-state index in [2.05, 4.69) is 51.9 Å². The van der Waals surface area contributed by atoms with Crippen molar-refractivity contribution in [2.45, 2.75) is 26.1 Å². The molecule has 0 aliphatic heterocycles. The summed E-state index contributed by atoms with van der Waals surface area (Å²) in [5.74, 6) is 0. The normalized spacial score (nSPS) is 8.93. The van der Waals surface area contributed by atoms with Crippen LogP contribution in [-0.2, 0) is 5.33 Å². The maximum atomic E-state index is 3.42. The topological polar surface area (TPSA) is 24.1 Å². The Balaban J connectivity index is 0.000000791. The Morgan fingerprint density at radius 2 is 1.93 bits per heavy atom. The Labute approximate surface area is 95.2 Å². The molecule has 2 nitrogen and oxygen atoms in total. The zero-order valence-electron chi connectivity index (χ0n) is 9.32. The number of benzene rings is 1. The molecular formula is C11H19BrN2. The second-order valence-electron chi connectivity index (χ2n) is 2.66. The lowest BCUT2D eigenvalue weighted by atomic mass is 10.1. The summed E-state index contributed by atoms with van der Waals surface area (Å²) in [5.41, 5.74) is 9.64. The van der Waals surface area contributed by atoms with Gasteiger partial charge in [0.25, 0.3) is 0 Å². The minimum Gasteiger partial charge on any atom is -0.321 e. The molecule has 1 aromatic rings. The summed E-state index contributed by atoms with van der Waals surface area (Å²) in [6, 6.07) is 6.33. The fourth-order valence-electron chi connectivity index (χ4n) is 1.08. The number of hydrazine groups is 1. The van der Waals surface area contributed by atoms with E-state index in [1.54, 1.807) is 0 Å². The first-order valence-electron chi connectivity index (χ1n) is 4.86. The molecule has 1 rings (SSSR count). The van der Waals surface area contributed by atoms with Crippen molar-refractivity contribution in [2.24, 2.45) is 0 Å². The summed E-state index contributed by atoms with van der Waals surface area (Å²) in [6.45, 7) is 6.09. The summed E-state index contributed by atoms with van der Waals surface area (Å²) >= 11 is 3.42. The van der Waals surface area contributed by atoms with Gasteiger partial charge in [-0.15, -0.1) is 0 Å². The SMILES string of the molecule is CC.CNNc1ccc(CBr)cc1C. The molecule has 0 fully saturated rings. The first kappa shape index (κ1) is 13.5. The number of rotatable bonds is 3. The molecule has 80 valence electrons. The molecule has 0 heterocycles. The van der Waals surface area contributed by atoms with Gasteiger partial charge in [-0.25, -0.2) is 5.43 Å². The Bertz CT molecular complexity index is 261. The smallest absolute Gasteiger partial charge is 0.0516 e. The van der Waals surface area contributed by atoms with E-state index in [9.17, 15) is 0 Å². The molecule has 3 heteroatoms. The highest BCUT2D eigenvalue weighted by Gasteiger charge is 1.96. The number of anilines is 1. The van der Waals surface area contributed by atoms with Crippen molar-refractivity contribution in [3.8, 4) is 0 Å². The molecule has 0 saturated carbocycles. The third-order valence-electron chi connectivity index (χ3n) is 1.70. The fourth-order valence-corrected chi connectivity index (χ4v) is 1.43. The van der Waals surface area contributed by atoms with E-state index in [1.165, 1.54) is 11.1 Å². The number of nitrogens with one attached hydrogen (secondary N) is 2. The molecule has 0 spiro atoms. The Morgan fingerprint density at radius 3 is 2.36 bits per heavy atom. The average Bonchev–Trinajstić information content (AvgIpc) is 2.24. The molecule has 14 heavy (non-hydrogen) atoms. The Kier molecular flexibility index (Phi) is 7.52. The first-order chi connectivity index (χ1) is 6.77. The van der Waals surface area contributed by atoms with Gasteiger partial charge in [0.1, 0.15) is 0 Å². The number of halogens is 1. The minimum absolute atomic E-state index is 0.910. The summed E-state index contributed by atoms with van der Waals surface area (Å²) in [6.07, 6.45) is 0. The van der Waals surface area contributed by atoms with Crippen molar-refractivity contribution in [1.82, 2.24) is 5.43 Å². The van der Waals surface area contributed by atoms with E-state index in [4.69, 9.17) is 0 Å². The van der Waals surface area contributed by atoms with Gasteiger partial charge >= 0.3 is 0 Å². The standard InChI is InChI=1S/C9H13BrN2.C2H6/c1-7-5-8(6-10)3-4-9(7)12-11-2;1-2/h3-5,11-12H,6H2,1-2H3;1-2H3. The molecule has 0 bridgehead atoms. The second-order valence-corrected chi connectivity index (χ2v) is 3.22. The van der Waals surface area contributed by atoms with Crippen molar-refractivity contribution in [2.75, 3.05) is 12.5 Å². The predicted octanol–water partition coefficient (Wildman–Crippen LogP) is 3.46. The monoisotopic (exact) mass is 258 g/mol. The summed E-state index contributed by atoms with van der Waals surface area (Å²) < 4.78 is 0. The van der Waals surface area contributed by atoms with Crippen LogP contribution in [0.2, 0.25) is 0 Å². The predicted molar refractivity (Wildman–Crippen MR) is 67.8 cm³/mol. The molecule has 0 amide bonds. The molecule has 0 saturated heterocycles. The zero-order chi connectivity index (χ0) is 11.0. The highest BCUT2D eigenvalue weighted by atomic mass is 79.9. The molecule has 2 N–H and O–H groups in total. The van der Waals surface area contributed by atoms with Gasteiger partial charge in [0, 0.05) is 12.4 Å². The van der Waals surface area contributed by atoms with E-state index in [0.717, 1.165) is 11.0 Å². The van der Waals surface area contributed by atoms with Crippen LogP contribution >= 0.6 is 15.9 Å². The zero-order valence-corrected chi connectivity index (χ0v) is 10.9. The van der Waals surface area contributed by atoms with Crippen LogP contribution in [0.4, 0.5) is 5.69 Å².